The standard InChI is InChI=1S/C12H11FO3/c13-9-3-1-8(2-4-9)7-16-12-10(14)5-6-11(12)15/h1-4,12H,5-7H2. The average Bonchev–Trinajstić information content (AvgIpc) is 2.59. The van der Waals surface area contributed by atoms with Crippen LogP contribution >= 0.6 is 0 Å². The summed E-state index contributed by atoms with van der Waals surface area (Å²) in [5.74, 6) is -0.643. The van der Waals surface area contributed by atoms with E-state index in [0.717, 1.165) is 5.56 Å². The maximum atomic E-state index is 12.6. The van der Waals surface area contributed by atoms with Crippen LogP contribution in [0.2, 0.25) is 0 Å². The molecule has 16 heavy (non-hydrogen) atoms. The van der Waals surface area contributed by atoms with E-state index < -0.39 is 6.10 Å². The molecule has 0 saturated heterocycles. The quantitative estimate of drug-likeness (QED) is 0.730. The summed E-state index contributed by atoms with van der Waals surface area (Å²) in [7, 11) is 0. The summed E-state index contributed by atoms with van der Waals surface area (Å²) in [5, 5.41) is 0. The van der Waals surface area contributed by atoms with E-state index in [9.17, 15) is 14.0 Å². The molecule has 84 valence electrons. The lowest BCUT2D eigenvalue weighted by Crippen LogP contribution is -2.24. The Kier molecular flexibility index (Phi) is 3.10. The normalized spacial score (nSPS) is 17.1. The lowest BCUT2D eigenvalue weighted by molar-refractivity contribution is -0.137. The molecule has 0 atom stereocenters. The van der Waals surface area contributed by atoms with E-state index >= 15 is 0 Å². The van der Waals surface area contributed by atoms with Crippen molar-refractivity contribution in [1.82, 2.24) is 0 Å². The van der Waals surface area contributed by atoms with Crippen molar-refractivity contribution in [2.24, 2.45) is 0 Å². The van der Waals surface area contributed by atoms with Crippen LogP contribution in [-0.2, 0) is 20.9 Å². The van der Waals surface area contributed by atoms with Crippen molar-refractivity contribution < 1.29 is 18.7 Å². The fourth-order valence-electron chi connectivity index (χ4n) is 1.63. The second-order valence-corrected chi connectivity index (χ2v) is 3.75. The highest BCUT2D eigenvalue weighted by Crippen LogP contribution is 2.16. The molecule has 3 nitrogen and oxygen atoms in total. The second kappa shape index (κ2) is 4.53. The van der Waals surface area contributed by atoms with Gasteiger partial charge in [-0.1, -0.05) is 12.1 Å². The molecule has 0 aromatic heterocycles. The maximum Gasteiger partial charge on any atom is 0.174 e. The molecule has 0 aliphatic heterocycles. The summed E-state index contributed by atoms with van der Waals surface area (Å²) >= 11 is 0. The van der Waals surface area contributed by atoms with Gasteiger partial charge in [-0.2, -0.15) is 0 Å². The van der Waals surface area contributed by atoms with Gasteiger partial charge >= 0.3 is 0 Å². The summed E-state index contributed by atoms with van der Waals surface area (Å²) in [4.78, 5) is 22.5. The van der Waals surface area contributed by atoms with E-state index in [1.807, 2.05) is 0 Å². The van der Waals surface area contributed by atoms with Crippen molar-refractivity contribution in [2.45, 2.75) is 25.6 Å². The van der Waals surface area contributed by atoms with Gasteiger partial charge in [0, 0.05) is 12.8 Å². The average molecular weight is 222 g/mol. The Labute approximate surface area is 92.2 Å². The second-order valence-electron chi connectivity index (χ2n) is 3.75. The molecule has 0 N–H and O–H groups in total. The van der Waals surface area contributed by atoms with Crippen molar-refractivity contribution in [1.29, 1.82) is 0 Å². The number of benzene rings is 1. The maximum absolute atomic E-state index is 12.6. The van der Waals surface area contributed by atoms with Crippen LogP contribution in [0, 0.1) is 5.82 Å². The highest BCUT2D eigenvalue weighted by atomic mass is 19.1. The van der Waals surface area contributed by atoms with Crippen LogP contribution in [-0.4, -0.2) is 17.7 Å². The van der Waals surface area contributed by atoms with Crippen LogP contribution in [0.3, 0.4) is 0 Å². The van der Waals surface area contributed by atoms with Crippen LogP contribution in [0.1, 0.15) is 18.4 Å². The van der Waals surface area contributed by atoms with Gasteiger partial charge in [-0.15, -0.1) is 0 Å². The number of rotatable bonds is 3. The SMILES string of the molecule is O=C1CCC(=O)C1OCc1ccc(F)cc1. The Hall–Kier alpha value is -1.55. The summed E-state index contributed by atoms with van der Waals surface area (Å²) in [5.41, 5.74) is 0.744. The van der Waals surface area contributed by atoms with Crippen LogP contribution in [0.25, 0.3) is 0 Å². The van der Waals surface area contributed by atoms with Gasteiger partial charge in [0.25, 0.3) is 0 Å². The van der Waals surface area contributed by atoms with E-state index in [1.165, 1.54) is 12.1 Å². The van der Waals surface area contributed by atoms with Crippen LogP contribution in [0.15, 0.2) is 24.3 Å². The zero-order valence-corrected chi connectivity index (χ0v) is 8.61. The number of ketones is 2. The Bertz CT molecular complexity index is 395. The molecule has 1 aromatic carbocycles. The van der Waals surface area contributed by atoms with E-state index in [-0.39, 0.29) is 36.8 Å². The third kappa shape index (κ3) is 2.33. The minimum absolute atomic E-state index is 0.155. The molecule has 1 aliphatic carbocycles. The summed E-state index contributed by atoms with van der Waals surface area (Å²) in [6.07, 6.45) is -0.370. The number of Topliss-reactive ketones (excluding diaryl/α,β-unsaturated/α-hetero) is 2. The topological polar surface area (TPSA) is 43.4 Å². The summed E-state index contributed by atoms with van der Waals surface area (Å²) in [6, 6.07) is 5.77. The van der Waals surface area contributed by atoms with E-state index in [2.05, 4.69) is 0 Å². The van der Waals surface area contributed by atoms with Gasteiger partial charge in [-0.3, -0.25) is 9.59 Å². The van der Waals surface area contributed by atoms with Crippen molar-refractivity contribution in [3.63, 3.8) is 0 Å². The van der Waals surface area contributed by atoms with Crippen LogP contribution < -0.4 is 0 Å². The predicted octanol–water partition coefficient (Wildman–Crippen LogP) is 1.64. The lowest BCUT2D eigenvalue weighted by Gasteiger charge is -2.08. The Balaban J connectivity index is 1.94. The van der Waals surface area contributed by atoms with Gasteiger partial charge in [0.15, 0.2) is 17.7 Å². The molecule has 1 saturated carbocycles. The number of ether oxygens (including phenoxy) is 1. The highest BCUT2D eigenvalue weighted by molar-refractivity contribution is 6.11. The molecular formula is C12H11FO3. The van der Waals surface area contributed by atoms with Gasteiger partial charge < -0.3 is 4.74 Å². The van der Waals surface area contributed by atoms with Crippen molar-refractivity contribution in [3.05, 3.63) is 35.6 Å². The van der Waals surface area contributed by atoms with Crippen molar-refractivity contribution in [2.75, 3.05) is 0 Å². The molecule has 2 rings (SSSR count). The first-order chi connectivity index (χ1) is 7.66. The third-order valence-corrected chi connectivity index (χ3v) is 2.53. The minimum Gasteiger partial charge on any atom is -0.358 e. The molecule has 4 heteroatoms. The third-order valence-electron chi connectivity index (χ3n) is 2.53. The molecule has 0 unspecified atom stereocenters. The summed E-state index contributed by atoms with van der Waals surface area (Å²) < 4.78 is 17.8. The number of carbonyl (C=O) groups is 2. The van der Waals surface area contributed by atoms with E-state index in [0.29, 0.717) is 0 Å². The Morgan fingerprint density at radius 3 is 2.25 bits per heavy atom. The van der Waals surface area contributed by atoms with Gasteiger partial charge in [-0.25, -0.2) is 4.39 Å². The van der Waals surface area contributed by atoms with Gasteiger partial charge in [0.05, 0.1) is 6.61 Å². The number of hydrogen-bond donors (Lipinski definition) is 0. The predicted molar refractivity (Wildman–Crippen MR) is 54.2 cm³/mol. The molecule has 0 bridgehead atoms. The zero-order valence-electron chi connectivity index (χ0n) is 8.61. The fourth-order valence-corrected chi connectivity index (χ4v) is 1.63. The number of halogens is 1. The highest BCUT2D eigenvalue weighted by Gasteiger charge is 2.33. The molecular weight excluding hydrogens is 211 g/mol. The number of hydrogen-bond acceptors (Lipinski definition) is 3. The molecule has 0 heterocycles. The minimum atomic E-state index is -0.912. The van der Waals surface area contributed by atoms with Gasteiger partial charge in [0.1, 0.15) is 5.82 Å². The molecule has 1 aliphatic rings. The molecule has 0 amide bonds. The van der Waals surface area contributed by atoms with Crippen LogP contribution in [0.5, 0.6) is 0 Å². The zero-order chi connectivity index (χ0) is 11.5. The molecule has 0 spiro atoms. The van der Waals surface area contributed by atoms with E-state index in [4.69, 9.17) is 4.74 Å². The first kappa shape index (κ1) is 11.0. The van der Waals surface area contributed by atoms with Crippen LogP contribution in [0.4, 0.5) is 4.39 Å². The monoisotopic (exact) mass is 222 g/mol. The van der Waals surface area contributed by atoms with Gasteiger partial charge in [0.2, 0.25) is 0 Å². The first-order valence-corrected chi connectivity index (χ1v) is 5.08. The largest absolute Gasteiger partial charge is 0.358 e. The number of carbonyl (C=O) groups excluding carboxylic acids is 2. The van der Waals surface area contributed by atoms with Crippen molar-refractivity contribution in [3.8, 4) is 0 Å². The first-order valence-electron chi connectivity index (χ1n) is 5.08. The molecule has 0 radical (unpaired) electrons. The smallest absolute Gasteiger partial charge is 0.174 e. The molecule has 1 aromatic rings. The fraction of sp³-hybridized carbons (Fsp3) is 0.333. The Morgan fingerprint density at radius 2 is 1.69 bits per heavy atom. The van der Waals surface area contributed by atoms with Crippen molar-refractivity contribution >= 4 is 11.6 Å². The van der Waals surface area contributed by atoms with E-state index in [1.54, 1.807) is 12.1 Å². The van der Waals surface area contributed by atoms with Gasteiger partial charge in [-0.05, 0) is 17.7 Å². The molecule has 1 fully saturated rings. The lowest BCUT2D eigenvalue weighted by atomic mass is 10.2. The Morgan fingerprint density at radius 1 is 1.12 bits per heavy atom. The summed E-state index contributed by atoms with van der Waals surface area (Å²) in [6.45, 7) is 0.155.